The predicted octanol–water partition coefficient (Wildman–Crippen LogP) is 3.43. The average molecular weight is 350 g/mol. The second kappa shape index (κ2) is 8.29. The van der Waals surface area contributed by atoms with E-state index >= 15 is 0 Å². The number of nitrogens with zero attached hydrogens (tertiary/aromatic N) is 3. The number of ether oxygens (including phenoxy) is 1. The fourth-order valence-electron chi connectivity index (χ4n) is 2.74. The van der Waals surface area contributed by atoms with Gasteiger partial charge in [0.1, 0.15) is 17.9 Å². The van der Waals surface area contributed by atoms with Crippen LogP contribution in [0.1, 0.15) is 19.3 Å². The van der Waals surface area contributed by atoms with Gasteiger partial charge < -0.3 is 15.4 Å². The molecule has 6 nitrogen and oxygen atoms in total. The largest absolute Gasteiger partial charge is 0.494 e. The van der Waals surface area contributed by atoms with E-state index < -0.39 is 0 Å². The zero-order valence-electron chi connectivity index (χ0n) is 14.8. The van der Waals surface area contributed by atoms with E-state index in [-0.39, 0.29) is 5.91 Å². The van der Waals surface area contributed by atoms with Crippen LogP contribution >= 0.6 is 0 Å². The van der Waals surface area contributed by atoms with Gasteiger partial charge in [-0.1, -0.05) is 12.1 Å². The van der Waals surface area contributed by atoms with E-state index in [2.05, 4.69) is 9.97 Å². The Labute approximate surface area is 152 Å². The maximum atomic E-state index is 10.7. The van der Waals surface area contributed by atoms with Crippen LogP contribution in [0.3, 0.4) is 0 Å². The van der Waals surface area contributed by atoms with Gasteiger partial charge in [-0.3, -0.25) is 4.79 Å². The highest BCUT2D eigenvalue weighted by Gasteiger charge is 2.10. The summed E-state index contributed by atoms with van der Waals surface area (Å²) in [5, 5.41) is 1.01. The summed E-state index contributed by atoms with van der Waals surface area (Å²) in [6.07, 6.45) is 3.53. The molecule has 2 N–H and O–H groups in total. The fourth-order valence-corrected chi connectivity index (χ4v) is 2.74. The number of hydrogen-bond acceptors (Lipinski definition) is 5. The molecule has 6 heteroatoms. The van der Waals surface area contributed by atoms with Crippen molar-refractivity contribution >= 4 is 28.3 Å². The smallest absolute Gasteiger partial charge is 0.217 e. The first-order chi connectivity index (χ1) is 12.6. The predicted molar refractivity (Wildman–Crippen MR) is 103 cm³/mol. The lowest BCUT2D eigenvalue weighted by atomic mass is 10.2. The van der Waals surface area contributed by atoms with Gasteiger partial charge in [-0.2, -0.15) is 0 Å². The van der Waals surface area contributed by atoms with E-state index in [1.165, 1.54) is 0 Å². The van der Waals surface area contributed by atoms with Crippen molar-refractivity contribution in [3.63, 3.8) is 0 Å². The molecule has 0 aliphatic carbocycles. The number of rotatable bonds is 8. The Bertz CT molecular complexity index is 875. The molecular weight excluding hydrogens is 328 g/mol. The molecule has 134 valence electrons. The van der Waals surface area contributed by atoms with Crippen LogP contribution in [0.15, 0.2) is 54.9 Å². The first kappa shape index (κ1) is 17.7. The number of carbonyl (C=O) groups is 1. The number of benzene rings is 2. The van der Waals surface area contributed by atoms with Crippen molar-refractivity contribution in [2.45, 2.75) is 19.3 Å². The van der Waals surface area contributed by atoms with Crippen molar-refractivity contribution in [2.75, 3.05) is 18.6 Å². The summed E-state index contributed by atoms with van der Waals surface area (Å²) in [4.78, 5) is 21.5. The molecule has 0 spiro atoms. The van der Waals surface area contributed by atoms with E-state index in [9.17, 15) is 4.79 Å². The highest BCUT2D eigenvalue weighted by atomic mass is 16.5. The molecule has 1 amide bonds. The topological polar surface area (TPSA) is 81.3 Å². The van der Waals surface area contributed by atoms with Crippen molar-refractivity contribution in [3.8, 4) is 5.75 Å². The first-order valence-corrected chi connectivity index (χ1v) is 8.60. The lowest BCUT2D eigenvalue weighted by Crippen LogP contribution is -2.12. The number of para-hydroxylation sites is 1. The van der Waals surface area contributed by atoms with Gasteiger partial charge in [0.2, 0.25) is 5.91 Å². The molecule has 2 aromatic carbocycles. The number of unbranched alkanes of at least 4 members (excludes halogenated alkanes) is 1. The molecule has 0 saturated carbocycles. The molecule has 0 radical (unpaired) electrons. The highest BCUT2D eigenvalue weighted by Crippen LogP contribution is 2.29. The molecule has 0 saturated heterocycles. The maximum absolute atomic E-state index is 10.7. The van der Waals surface area contributed by atoms with Crippen molar-refractivity contribution in [1.29, 1.82) is 0 Å². The molecule has 0 atom stereocenters. The minimum atomic E-state index is -0.269. The van der Waals surface area contributed by atoms with Crippen LogP contribution in [-0.4, -0.2) is 29.5 Å². The number of aromatic nitrogens is 2. The number of fused-ring (bicyclic) bond motifs is 1. The summed E-state index contributed by atoms with van der Waals surface area (Å²) in [6, 6.07) is 15.8. The Morgan fingerprint density at radius 2 is 1.85 bits per heavy atom. The molecule has 0 bridgehead atoms. The zero-order chi connectivity index (χ0) is 18.4. The summed E-state index contributed by atoms with van der Waals surface area (Å²) < 4.78 is 5.70. The molecule has 0 unspecified atom stereocenters. The second-order valence-electron chi connectivity index (χ2n) is 6.04. The van der Waals surface area contributed by atoms with Gasteiger partial charge >= 0.3 is 0 Å². The number of hydrogen-bond donors (Lipinski definition) is 1. The van der Waals surface area contributed by atoms with E-state index in [1.807, 2.05) is 60.5 Å². The standard InChI is InChI=1S/C20H22N4O2/c1-24(20-17-6-2-3-7-18(17)22-14-23-20)15-9-11-16(12-10-15)26-13-5-4-8-19(21)25/h2-3,6-7,9-12,14H,4-5,8,13H2,1H3,(H2,21,25). The normalized spacial score (nSPS) is 10.7. The van der Waals surface area contributed by atoms with Crippen LogP contribution in [0.4, 0.5) is 11.5 Å². The summed E-state index contributed by atoms with van der Waals surface area (Å²) in [7, 11) is 1.98. The van der Waals surface area contributed by atoms with Gasteiger partial charge in [0.25, 0.3) is 0 Å². The van der Waals surface area contributed by atoms with Gasteiger partial charge in [0.15, 0.2) is 0 Å². The summed E-state index contributed by atoms with van der Waals surface area (Å²) in [5.41, 5.74) is 7.05. The molecular formula is C20H22N4O2. The zero-order valence-corrected chi connectivity index (χ0v) is 14.8. The van der Waals surface area contributed by atoms with Gasteiger partial charge in [0, 0.05) is 24.5 Å². The molecule has 26 heavy (non-hydrogen) atoms. The van der Waals surface area contributed by atoms with Crippen molar-refractivity contribution in [1.82, 2.24) is 9.97 Å². The lowest BCUT2D eigenvalue weighted by Gasteiger charge is -2.20. The molecule has 1 aromatic heterocycles. The van der Waals surface area contributed by atoms with E-state index in [4.69, 9.17) is 10.5 Å². The number of anilines is 2. The van der Waals surface area contributed by atoms with Crippen molar-refractivity contribution in [2.24, 2.45) is 5.73 Å². The number of amides is 1. The van der Waals surface area contributed by atoms with E-state index in [1.54, 1.807) is 6.33 Å². The Kier molecular flexibility index (Phi) is 5.63. The van der Waals surface area contributed by atoms with Crippen LogP contribution < -0.4 is 15.4 Å². The molecule has 0 aliphatic rings. The minimum Gasteiger partial charge on any atom is -0.494 e. The number of nitrogens with two attached hydrogens (primary N) is 1. The molecule has 1 heterocycles. The third kappa shape index (κ3) is 4.27. The van der Waals surface area contributed by atoms with Gasteiger partial charge in [-0.25, -0.2) is 9.97 Å². The van der Waals surface area contributed by atoms with E-state index in [0.29, 0.717) is 13.0 Å². The highest BCUT2D eigenvalue weighted by molar-refractivity contribution is 5.91. The van der Waals surface area contributed by atoms with Crippen LogP contribution in [-0.2, 0) is 4.79 Å². The summed E-state index contributed by atoms with van der Waals surface area (Å²) >= 11 is 0. The quantitative estimate of drug-likeness (QED) is 0.630. The number of carbonyl (C=O) groups excluding carboxylic acids is 1. The SMILES string of the molecule is CN(c1ccc(OCCCCC(N)=O)cc1)c1ncnc2ccccc12. The van der Waals surface area contributed by atoms with Crippen LogP contribution in [0.2, 0.25) is 0 Å². The molecule has 0 fully saturated rings. The monoisotopic (exact) mass is 350 g/mol. The average Bonchev–Trinajstić information content (AvgIpc) is 2.67. The number of primary amides is 1. The van der Waals surface area contributed by atoms with Gasteiger partial charge in [-0.05, 0) is 49.2 Å². The third-order valence-electron chi connectivity index (χ3n) is 4.15. The van der Waals surface area contributed by atoms with Gasteiger partial charge in [-0.15, -0.1) is 0 Å². The second-order valence-corrected chi connectivity index (χ2v) is 6.04. The fraction of sp³-hybridized carbons (Fsp3) is 0.250. The van der Waals surface area contributed by atoms with Gasteiger partial charge in [0.05, 0.1) is 12.1 Å². The molecule has 0 aliphatic heterocycles. The Morgan fingerprint density at radius 1 is 1.08 bits per heavy atom. The maximum Gasteiger partial charge on any atom is 0.217 e. The molecule has 3 aromatic rings. The first-order valence-electron chi connectivity index (χ1n) is 8.60. The van der Waals surface area contributed by atoms with Crippen molar-refractivity contribution < 1.29 is 9.53 Å². The summed E-state index contributed by atoms with van der Waals surface area (Å²) in [5.74, 6) is 1.39. The van der Waals surface area contributed by atoms with Crippen LogP contribution in [0.5, 0.6) is 5.75 Å². The molecule has 3 rings (SSSR count). The Morgan fingerprint density at radius 3 is 2.62 bits per heavy atom. The lowest BCUT2D eigenvalue weighted by molar-refractivity contribution is -0.118. The summed E-state index contributed by atoms with van der Waals surface area (Å²) in [6.45, 7) is 0.568. The van der Waals surface area contributed by atoms with Crippen LogP contribution in [0.25, 0.3) is 10.9 Å². The Balaban J connectivity index is 1.65. The minimum absolute atomic E-state index is 0.269. The van der Waals surface area contributed by atoms with Crippen molar-refractivity contribution in [3.05, 3.63) is 54.9 Å². The Hall–Kier alpha value is -3.15. The third-order valence-corrected chi connectivity index (χ3v) is 4.15. The van der Waals surface area contributed by atoms with Crippen LogP contribution in [0, 0.1) is 0 Å². The van der Waals surface area contributed by atoms with E-state index in [0.717, 1.165) is 41.0 Å².